The van der Waals surface area contributed by atoms with Crippen molar-refractivity contribution in [1.82, 2.24) is 14.7 Å². The second kappa shape index (κ2) is 8.67. The summed E-state index contributed by atoms with van der Waals surface area (Å²) in [5, 5.41) is 0. The zero-order chi connectivity index (χ0) is 20.2. The van der Waals surface area contributed by atoms with E-state index in [4.69, 9.17) is 9.47 Å². The maximum absolute atomic E-state index is 12.2. The van der Waals surface area contributed by atoms with Gasteiger partial charge in [-0.25, -0.2) is 9.59 Å². The molecule has 7 nitrogen and oxygen atoms in total. The quantitative estimate of drug-likeness (QED) is 0.733. The van der Waals surface area contributed by atoms with Gasteiger partial charge in [-0.15, -0.1) is 0 Å². The molecule has 0 unspecified atom stereocenters. The predicted octanol–water partition coefficient (Wildman–Crippen LogP) is 3.19. The van der Waals surface area contributed by atoms with Crippen LogP contribution in [0.5, 0.6) is 0 Å². The highest BCUT2D eigenvalue weighted by Gasteiger charge is 2.30. The summed E-state index contributed by atoms with van der Waals surface area (Å²) < 4.78 is 10.9. The van der Waals surface area contributed by atoms with E-state index in [9.17, 15) is 9.59 Å². The van der Waals surface area contributed by atoms with Crippen molar-refractivity contribution in [2.75, 3.05) is 45.8 Å². The lowest BCUT2D eigenvalue weighted by Crippen LogP contribution is -2.51. The van der Waals surface area contributed by atoms with Gasteiger partial charge in [-0.3, -0.25) is 4.90 Å². The van der Waals surface area contributed by atoms with Gasteiger partial charge in [-0.1, -0.05) is 0 Å². The number of ether oxygens (including phenoxy) is 2. The van der Waals surface area contributed by atoms with E-state index < -0.39 is 11.2 Å². The molecule has 7 heteroatoms. The highest BCUT2D eigenvalue weighted by molar-refractivity contribution is 5.68. The molecule has 0 saturated carbocycles. The van der Waals surface area contributed by atoms with Crippen LogP contribution in [-0.2, 0) is 9.47 Å². The second-order valence-corrected chi connectivity index (χ2v) is 9.68. The van der Waals surface area contributed by atoms with Gasteiger partial charge >= 0.3 is 12.2 Å². The van der Waals surface area contributed by atoms with Gasteiger partial charge in [0.2, 0.25) is 0 Å². The second-order valence-electron chi connectivity index (χ2n) is 9.68. The maximum Gasteiger partial charge on any atom is 0.410 e. The molecule has 2 heterocycles. The first kappa shape index (κ1) is 21.8. The van der Waals surface area contributed by atoms with Gasteiger partial charge in [0.05, 0.1) is 0 Å². The standard InChI is InChI=1S/C20H37N3O4/c1-19(2,3)26-17(24)22-9-7-16(8-10-22)15-21-11-13-23(14-12-21)18(25)27-20(4,5)6/h16H,7-15H2,1-6H3. The molecular weight excluding hydrogens is 346 g/mol. The fourth-order valence-electron chi connectivity index (χ4n) is 3.43. The van der Waals surface area contributed by atoms with Gasteiger partial charge in [-0.2, -0.15) is 0 Å². The number of rotatable bonds is 2. The fourth-order valence-corrected chi connectivity index (χ4v) is 3.43. The van der Waals surface area contributed by atoms with Crippen LogP contribution in [-0.4, -0.2) is 83.9 Å². The van der Waals surface area contributed by atoms with E-state index in [1.807, 2.05) is 46.4 Å². The molecule has 0 aromatic heterocycles. The van der Waals surface area contributed by atoms with Crippen molar-refractivity contribution in [2.45, 2.75) is 65.6 Å². The molecule has 0 spiro atoms. The van der Waals surface area contributed by atoms with Crippen molar-refractivity contribution < 1.29 is 19.1 Å². The molecule has 27 heavy (non-hydrogen) atoms. The number of piperazine rings is 1. The fraction of sp³-hybridized carbons (Fsp3) is 0.900. The van der Waals surface area contributed by atoms with Crippen LogP contribution in [0.25, 0.3) is 0 Å². The number of hydrogen-bond donors (Lipinski definition) is 0. The third-order valence-electron chi connectivity index (χ3n) is 4.81. The number of carbonyl (C=O) groups excluding carboxylic acids is 2. The Bertz CT molecular complexity index is 462. The van der Waals surface area contributed by atoms with E-state index in [2.05, 4.69) is 4.90 Å². The molecule has 0 aromatic carbocycles. The summed E-state index contributed by atoms with van der Waals surface area (Å²) in [4.78, 5) is 30.3. The summed E-state index contributed by atoms with van der Waals surface area (Å²) in [6.07, 6.45) is 1.59. The van der Waals surface area contributed by atoms with Gasteiger partial charge < -0.3 is 19.3 Å². The summed E-state index contributed by atoms with van der Waals surface area (Å²) in [5.74, 6) is 0.594. The molecule has 2 aliphatic heterocycles. The summed E-state index contributed by atoms with van der Waals surface area (Å²) in [6.45, 7) is 17.1. The average molecular weight is 384 g/mol. The molecule has 2 amide bonds. The molecule has 0 atom stereocenters. The van der Waals surface area contributed by atoms with Gasteiger partial charge in [0.1, 0.15) is 11.2 Å². The third kappa shape index (κ3) is 7.56. The van der Waals surface area contributed by atoms with Crippen LogP contribution < -0.4 is 0 Å². The maximum atomic E-state index is 12.2. The summed E-state index contributed by atoms with van der Waals surface area (Å²) in [7, 11) is 0. The average Bonchev–Trinajstić information content (AvgIpc) is 2.53. The number of nitrogens with zero attached hydrogens (tertiary/aromatic N) is 3. The molecular formula is C20H37N3O4. The van der Waals surface area contributed by atoms with Crippen LogP contribution >= 0.6 is 0 Å². The minimum absolute atomic E-state index is 0.202. The smallest absolute Gasteiger partial charge is 0.410 e. The summed E-state index contributed by atoms with van der Waals surface area (Å²) >= 11 is 0. The molecule has 2 rings (SSSR count). The minimum Gasteiger partial charge on any atom is -0.444 e. The Hall–Kier alpha value is -1.50. The van der Waals surface area contributed by atoms with Gasteiger partial charge in [0, 0.05) is 45.8 Å². The molecule has 2 saturated heterocycles. The monoisotopic (exact) mass is 383 g/mol. The lowest BCUT2D eigenvalue weighted by atomic mass is 9.96. The van der Waals surface area contributed by atoms with E-state index in [1.165, 1.54) is 0 Å². The topological polar surface area (TPSA) is 62.3 Å². The third-order valence-corrected chi connectivity index (χ3v) is 4.81. The van der Waals surface area contributed by atoms with Crippen LogP contribution in [0.3, 0.4) is 0 Å². The van der Waals surface area contributed by atoms with Gasteiger partial charge in [0.25, 0.3) is 0 Å². The first-order chi connectivity index (χ1) is 12.4. The molecule has 0 aliphatic carbocycles. The highest BCUT2D eigenvalue weighted by Crippen LogP contribution is 2.21. The van der Waals surface area contributed by atoms with Crippen molar-refractivity contribution >= 4 is 12.2 Å². The normalized spacial score (nSPS) is 20.5. The van der Waals surface area contributed by atoms with E-state index in [0.29, 0.717) is 19.0 Å². The highest BCUT2D eigenvalue weighted by atomic mass is 16.6. The molecule has 0 bridgehead atoms. The van der Waals surface area contributed by atoms with Gasteiger partial charge in [-0.05, 0) is 60.3 Å². The zero-order valence-electron chi connectivity index (χ0n) is 17.9. The number of piperidine rings is 1. The first-order valence-corrected chi connectivity index (χ1v) is 10.1. The molecule has 2 aliphatic rings. The number of amides is 2. The largest absolute Gasteiger partial charge is 0.444 e. The Morgan fingerprint density at radius 2 is 1.15 bits per heavy atom. The number of likely N-dealkylation sites (tertiary alicyclic amines) is 1. The van der Waals surface area contributed by atoms with E-state index in [0.717, 1.165) is 45.6 Å². The zero-order valence-corrected chi connectivity index (χ0v) is 17.9. The summed E-state index contributed by atoms with van der Waals surface area (Å²) in [6, 6.07) is 0. The number of hydrogen-bond acceptors (Lipinski definition) is 5. The molecule has 156 valence electrons. The molecule has 2 fully saturated rings. The van der Waals surface area contributed by atoms with Crippen molar-refractivity contribution in [3.63, 3.8) is 0 Å². The first-order valence-electron chi connectivity index (χ1n) is 10.1. The van der Waals surface area contributed by atoms with Crippen molar-refractivity contribution in [3.8, 4) is 0 Å². The Morgan fingerprint density at radius 1 is 0.741 bits per heavy atom. The van der Waals surface area contributed by atoms with Gasteiger partial charge in [0.15, 0.2) is 0 Å². The van der Waals surface area contributed by atoms with E-state index in [1.54, 1.807) is 4.90 Å². The van der Waals surface area contributed by atoms with Crippen LogP contribution in [0, 0.1) is 5.92 Å². The number of carbonyl (C=O) groups is 2. The molecule has 0 aromatic rings. The Balaban J connectivity index is 1.69. The SMILES string of the molecule is CC(C)(C)OC(=O)N1CCC(CN2CCN(C(=O)OC(C)(C)C)CC2)CC1. The Labute approximate surface area is 163 Å². The van der Waals surface area contributed by atoms with Crippen LogP contribution in [0.1, 0.15) is 54.4 Å². The van der Waals surface area contributed by atoms with Crippen LogP contribution in [0.2, 0.25) is 0 Å². The van der Waals surface area contributed by atoms with Crippen LogP contribution in [0.4, 0.5) is 9.59 Å². The molecule has 0 radical (unpaired) electrons. The Kier molecular flexibility index (Phi) is 7.00. The van der Waals surface area contributed by atoms with Crippen molar-refractivity contribution in [2.24, 2.45) is 5.92 Å². The van der Waals surface area contributed by atoms with Crippen LogP contribution in [0.15, 0.2) is 0 Å². The predicted molar refractivity (Wildman–Crippen MR) is 105 cm³/mol. The van der Waals surface area contributed by atoms with Crippen molar-refractivity contribution in [1.29, 1.82) is 0 Å². The van der Waals surface area contributed by atoms with E-state index in [-0.39, 0.29) is 12.2 Å². The minimum atomic E-state index is -0.448. The molecule has 0 N–H and O–H groups in total. The lowest BCUT2D eigenvalue weighted by Gasteiger charge is -2.39. The lowest BCUT2D eigenvalue weighted by molar-refractivity contribution is 0.00965. The van der Waals surface area contributed by atoms with Crippen molar-refractivity contribution in [3.05, 3.63) is 0 Å². The van der Waals surface area contributed by atoms with E-state index >= 15 is 0 Å². The summed E-state index contributed by atoms with van der Waals surface area (Å²) in [5.41, 5.74) is -0.891. The Morgan fingerprint density at radius 3 is 1.56 bits per heavy atom.